The minimum absolute atomic E-state index is 0.151. The van der Waals surface area contributed by atoms with E-state index in [1.807, 2.05) is 27.8 Å². The lowest BCUT2D eigenvalue weighted by atomic mass is 10.1. The van der Waals surface area contributed by atoms with Gasteiger partial charge in [0.25, 0.3) is 5.91 Å². The fourth-order valence-electron chi connectivity index (χ4n) is 2.18. The molecule has 96 valence electrons. The molecule has 0 aliphatic carbocycles. The monoisotopic (exact) mass is 248 g/mol. The van der Waals surface area contributed by atoms with E-state index in [4.69, 9.17) is 5.21 Å². The van der Waals surface area contributed by atoms with Gasteiger partial charge in [0.05, 0.1) is 11.8 Å². The maximum atomic E-state index is 12.1. The van der Waals surface area contributed by atoms with Crippen LogP contribution in [0.1, 0.15) is 24.8 Å². The number of aromatic nitrogens is 1. The van der Waals surface area contributed by atoms with Gasteiger partial charge in [-0.05, 0) is 25.3 Å². The predicted molar refractivity (Wildman–Crippen MR) is 66.4 cm³/mol. The third kappa shape index (κ3) is 3.29. The molecule has 0 unspecified atom stereocenters. The average Bonchev–Trinajstić information content (AvgIpc) is 2.40. The van der Waals surface area contributed by atoms with Gasteiger partial charge in [0, 0.05) is 19.2 Å². The molecule has 1 fully saturated rings. The summed E-state index contributed by atoms with van der Waals surface area (Å²) in [5.41, 5.74) is 0.770. The number of oxime groups is 1. The highest BCUT2D eigenvalue weighted by Crippen LogP contribution is 2.08. The normalized spacial score (nSPS) is 16.1. The van der Waals surface area contributed by atoms with Crippen molar-refractivity contribution in [2.75, 3.05) is 13.1 Å². The van der Waals surface area contributed by atoms with E-state index in [9.17, 15) is 4.79 Å². The fraction of sp³-hybridized carbons (Fsp3) is 0.462. The van der Waals surface area contributed by atoms with Gasteiger partial charge in [-0.2, -0.15) is 4.57 Å². The lowest BCUT2D eigenvalue weighted by molar-refractivity contribution is -0.685. The molecule has 2 rings (SSSR count). The number of piperidine rings is 1. The van der Waals surface area contributed by atoms with Crippen LogP contribution in [0.3, 0.4) is 0 Å². The minimum Gasteiger partial charge on any atom is -0.411 e. The molecule has 1 aromatic heterocycles. The molecular formula is C13H18N3O2+. The Balaban J connectivity index is 1.99. The standard InChI is InChI=1S/C13H17N3O2/c17-13(16-7-2-1-3-8-16)11-15-6-4-5-12(10-15)9-14-18/h4-6,9-10H,1-3,7-8,11H2/p+1/b14-9+. The molecule has 0 spiro atoms. The molecule has 1 N–H and O–H groups in total. The van der Waals surface area contributed by atoms with Crippen molar-refractivity contribution in [3.05, 3.63) is 30.1 Å². The minimum atomic E-state index is 0.151. The van der Waals surface area contributed by atoms with Crippen LogP contribution in [0.25, 0.3) is 0 Å². The third-order valence-corrected chi connectivity index (χ3v) is 3.11. The number of rotatable bonds is 3. The number of carbonyl (C=O) groups is 1. The summed E-state index contributed by atoms with van der Waals surface area (Å²) in [6, 6.07) is 3.65. The smallest absolute Gasteiger partial charge is 0.288 e. The van der Waals surface area contributed by atoms with Crippen LogP contribution in [0.4, 0.5) is 0 Å². The summed E-state index contributed by atoms with van der Waals surface area (Å²) in [6.07, 6.45) is 8.42. The maximum absolute atomic E-state index is 12.1. The molecule has 1 aliphatic rings. The second-order valence-electron chi connectivity index (χ2n) is 4.50. The molecule has 1 amide bonds. The Labute approximate surface area is 106 Å². The zero-order chi connectivity index (χ0) is 12.8. The molecule has 18 heavy (non-hydrogen) atoms. The van der Waals surface area contributed by atoms with E-state index in [0.29, 0.717) is 6.54 Å². The van der Waals surface area contributed by atoms with Gasteiger partial charge in [-0.15, -0.1) is 0 Å². The van der Waals surface area contributed by atoms with Gasteiger partial charge in [-0.1, -0.05) is 5.16 Å². The first-order valence-corrected chi connectivity index (χ1v) is 6.24. The molecule has 5 heteroatoms. The Morgan fingerprint density at radius 3 is 2.94 bits per heavy atom. The second-order valence-corrected chi connectivity index (χ2v) is 4.50. The largest absolute Gasteiger partial charge is 0.411 e. The van der Waals surface area contributed by atoms with Gasteiger partial charge in [-0.3, -0.25) is 4.79 Å². The van der Waals surface area contributed by atoms with Crippen LogP contribution in [0.2, 0.25) is 0 Å². The van der Waals surface area contributed by atoms with E-state index in [0.717, 1.165) is 31.5 Å². The highest BCUT2D eigenvalue weighted by Gasteiger charge is 2.19. The van der Waals surface area contributed by atoms with Crippen LogP contribution in [0, 0.1) is 0 Å². The quantitative estimate of drug-likeness (QED) is 0.372. The van der Waals surface area contributed by atoms with Crippen molar-refractivity contribution in [3.8, 4) is 0 Å². The van der Waals surface area contributed by atoms with Gasteiger partial charge in [0.1, 0.15) is 0 Å². The summed E-state index contributed by atoms with van der Waals surface area (Å²) in [7, 11) is 0. The SMILES string of the molecule is O=C(C[n+]1cccc(/C=N/O)c1)N1CCCCC1. The molecule has 0 saturated carbocycles. The van der Waals surface area contributed by atoms with Gasteiger partial charge < -0.3 is 10.1 Å². The summed E-state index contributed by atoms with van der Waals surface area (Å²) < 4.78 is 1.81. The van der Waals surface area contributed by atoms with Gasteiger partial charge >= 0.3 is 0 Å². The first-order valence-electron chi connectivity index (χ1n) is 6.24. The highest BCUT2D eigenvalue weighted by atomic mass is 16.4. The van der Waals surface area contributed by atoms with Crippen molar-refractivity contribution < 1.29 is 14.6 Å². The molecule has 1 aromatic rings. The van der Waals surface area contributed by atoms with Crippen LogP contribution in [-0.2, 0) is 11.3 Å². The number of hydrogen-bond donors (Lipinski definition) is 1. The molecule has 5 nitrogen and oxygen atoms in total. The van der Waals surface area contributed by atoms with Crippen molar-refractivity contribution in [3.63, 3.8) is 0 Å². The summed E-state index contributed by atoms with van der Waals surface area (Å²) in [5, 5.41) is 11.5. The van der Waals surface area contributed by atoms with Crippen molar-refractivity contribution >= 4 is 12.1 Å². The molecule has 0 radical (unpaired) electrons. The number of likely N-dealkylation sites (tertiary alicyclic amines) is 1. The van der Waals surface area contributed by atoms with Crippen molar-refractivity contribution in [2.45, 2.75) is 25.8 Å². The topological polar surface area (TPSA) is 56.8 Å². The lowest BCUT2D eigenvalue weighted by Crippen LogP contribution is -2.46. The second kappa shape index (κ2) is 6.14. The number of carbonyl (C=O) groups excluding carboxylic acids is 1. The van der Waals surface area contributed by atoms with Crippen LogP contribution < -0.4 is 4.57 Å². The van der Waals surface area contributed by atoms with E-state index in [1.165, 1.54) is 12.6 Å². The Morgan fingerprint density at radius 2 is 2.22 bits per heavy atom. The number of nitrogens with zero attached hydrogens (tertiary/aromatic N) is 3. The van der Waals surface area contributed by atoms with Crippen LogP contribution >= 0.6 is 0 Å². The van der Waals surface area contributed by atoms with E-state index in [2.05, 4.69) is 5.16 Å². The van der Waals surface area contributed by atoms with Crippen LogP contribution in [0.5, 0.6) is 0 Å². The van der Waals surface area contributed by atoms with Gasteiger partial charge in [0.15, 0.2) is 12.4 Å². The van der Waals surface area contributed by atoms with Crippen LogP contribution in [0.15, 0.2) is 29.7 Å². The Bertz CT molecular complexity index is 440. The average molecular weight is 248 g/mol. The van der Waals surface area contributed by atoms with E-state index >= 15 is 0 Å². The number of amides is 1. The van der Waals surface area contributed by atoms with E-state index < -0.39 is 0 Å². The molecule has 2 heterocycles. The van der Waals surface area contributed by atoms with Gasteiger partial charge in [0.2, 0.25) is 6.54 Å². The van der Waals surface area contributed by atoms with Crippen molar-refractivity contribution in [1.82, 2.24) is 4.90 Å². The van der Waals surface area contributed by atoms with E-state index in [1.54, 1.807) is 6.20 Å². The first-order chi connectivity index (χ1) is 8.79. The van der Waals surface area contributed by atoms with Crippen LogP contribution in [-0.4, -0.2) is 35.3 Å². The van der Waals surface area contributed by atoms with Crippen molar-refractivity contribution in [2.24, 2.45) is 5.16 Å². The summed E-state index contributed by atoms with van der Waals surface area (Å²) in [5.74, 6) is 0.151. The predicted octanol–water partition coefficient (Wildman–Crippen LogP) is 0.795. The first kappa shape index (κ1) is 12.5. The zero-order valence-corrected chi connectivity index (χ0v) is 10.3. The van der Waals surface area contributed by atoms with Crippen molar-refractivity contribution in [1.29, 1.82) is 0 Å². The zero-order valence-electron chi connectivity index (χ0n) is 10.3. The maximum Gasteiger partial charge on any atom is 0.288 e. The highest BCUT2D eigenvalue weighted by molar-refractivity contribution is 5.78. The van der Waals surface area contributed by atoms with E-state index in [-0.39, 0.29) is 5.91 Å². The summed E-state index contributed by atoms with van der Waals surface area (Å²) in [6.45, 7) is 2.08. The lowest BCUT2D eigenvalue weighted by Gasteiger charge is -2.25. The number of hydrogen-bond acceptors (Lipinski definition) is 3. The number of pyridine rings is 1. The fourth-order valence-corrected chi connectivity index (χ4v) is 2.18. The molecule has 1 aliphatic heterocycles. The Hall–Kier alpha value is -1.91. The molecule has 0 bridgehead atoms. The molecule has 0 aromatic carbocycles. The summed E-state index contributed by atoms with van der Waals surface area (Å²) in [4.78, 5) is 14.0. The third-order valence-electron chi connectivity index (χ3n) is 3.11. The van der Waals surface area contributed by atoms with Gasteiger partial charge in [-0.25, -0.2) is 0 Å². The molecule has 0 atom stereocenters. The summed E-state index contributed by atoms with van der Waals surface area (Å²) >= 11 is 0. The Morgan fingerprint density at radius 1 is 1.44 bits per heavy atom. The molecular weight excluding hydrogens is 230 g/mol. The molecule has 1 saturated heterocycles. The Kier molecular flexibility index (Phi) is 4.28.